The number of hydrogen-bond donors (Lipinski definition) is 0. The highest BCUT2D eigenvalue weighted by molar-refractivity contribution is 9.10. The zero-order valence-electron chi connectivity index (χ0n) is 10.2. The molecule has 1 aliphatic rings. The van der Waals surface area contributed by atoms with Crippen LogP contribution in [0.15, 0.2) is 28.9 Å². The Hall–Kier alpha value is -1.82. The molecule has 0 spiro atoms. The van der Waals surface area contributed by atoms with E-state index in [2.05, 4.69) is 25.9 Å². The second-order valence-electron chi connectivity index (χ2n) is 4.05. The van der Waals surface area contributed by atoms with Crippen LogP contribution in [0.4, 0.5) is 0 Å². The van der Waals surface area contributed by atoms with E-state index in [1.807, 2.05) is 25.1 Å². The standard InChI is InChI=1S/C13H11BrN2O3/c1-8-15-12(14)5-13(16-8)17-6-9-2-3-10-11(4-9)19-7-18-10/h2-5H,6-7H2,1H3. The van der Waals surface area contributed by atoms with Gasteiger partial charge in [0.05, 0.1) is 0 Å². The Kier molecular flexibility index (Phi) is 3.25. The average Bonchev–Trinajstić information content (AvgIpc) is 2.82. The number of halogens is 1. The van der Waals surface area contributed by atoms with Crippen LogP contribution in [0.3, 0.4) is 0 Å². The molecule has 0 atom stereocenters. The zero-order valence-corrected chi connectivity index (χ0v) is 11.8. The van der Waals surface area contributed by atoms with Gasteiger partial charge >= 0.3 is 0 Å². The van der Waals surface area contributed by atoms with Crippen LogP contribution in [0.2, 0.25) is 0 Å². The maximum absolute atomic E-state index is 5.64. The third-order valence-electron chi connectivity index (χ3n) is 2.61. The molecule has 2 heterocycles. The Balaban J connectivity index is 1.72. The highest BCUT2D eigenvalue weighted by atomic mass is 79.9. The van der Waals surface area contributed by atoms with Crippen LogP contribution in [0.1, 0.15) is 11.4 Å². The minimum atomic E-state index is 0.275. The molecule has 0 radical (unpaired) electrons. The first kappa shape index (κ1) is 12.2. The molecule has 0 amide bonds. The fourth-order valence-corrected chi connectivity index (χ4v) is 2.22. The van der Waals surface area contributed by atoms with Gasteiger partial charge in [-0.2, -0.15) is 4.98 Å². The van der Waals surface area contributed by atoms with E-state index in [1.165, 1.54) is 0 Å². The van der Waals surface area contributed by atoms with Crippen molar-refractivity contribution in [2.45, 2.75) is 13.5 Å². The number of rotatable bonds is 3. The van der Waals surface area contributed by atoms with Crippen molar-refractivity contribution in [1.29, 1.82) is 0 Å². The van der Waals surface area contributed by atoms with E-state index in [4.69, 9.17) is 14.2 Å². The summed E-state index contributed by atoms with van der Waals surface area (Å²) in [5.74, 6) is 2.72. The molecule has 2 aromatic rings. The summed E-state index contributed by atoms with van der Waals surface area (Å²) in [7, 11) is 0. The van der Waals surface area contributed by atoms with Crippen LogP contribution in [0, 0.1) is 6.92 Å². The predicted octanol–water partition coefficient (Wildman–Crippen LogP) is 2.86. The molecule has 19 heavy (non-hydrogen) atoms. The lowest BCUT2D eigenvalue weighted by Crippen LogP contribution is -1.99. The lowest BCUT2D eigenvalue weighted by molar-refractivity contribution is 0.174. The van der Waals surface area contributed by atoms with Crippen LogP contribution in [-0.4, -0.2) is 16.8 Å². The predicted molar refractivity (Wildman–Crippen MR) is 71.4 cm³/mol. The van der Waals surface area contributed by atoms with Crippen molar-refractivity contribution in [1.82, 2.24) is 9.97 Å². The Bertz CT molecular complexity index is 599. The van der Waals surface area contributed by atoms with Crippen molar-refractivity contribution in [3.8, 4) is 17.4 Å². The molecule has 1 aromatic heterocycles. The van der Waals surface area contributed by atoms with Gasteiger partial charge in [-0.25, -0.2) is 4.98 Å². The van der Waals surface area contributed by atoms with Crippen LogP contribution in [-0.2, 0) is 6.61 Å². The molecular weight excluding hydrogens is 312 g/mol. The Morgan fingerprint density at radius 2 is 2.05 bits per heavy atom. The first-order valence-electron chi connectivity index (χ1n) is 5.73. The van der Waals surface area contributed by atoms with E-state index in [0.29, 0.717) is 22.9 Å². The van der Waals surface area contributed by atoms with E-state index in [-0.39, 0.29) is 6.79 Å². The van der Waals surface area contributed by atoms with Gasteiger partial charge < -0.3 is 14.2 Å². The summed E-state index contributed by atoms with van der Waals surface area (Å²) in [5, 5.41) is 0. The van der Waals surface area contributed by atoms with E-state index in [0.717, 1.165) is 17.1 Å². The summed E-state index contributed by atoms with van der Waals surface area (Å²) in [6, 6.07) is 7.46. The molecule has 3 rings (SSSR count). The van der Waals surface area contributed by atoms with Gasteiger partial charge in [0.2, 0.25) is 12.7 Å². The van der Waals surface area contributed by atoms with Crippen LogP contribution >= 0.6 is 15.9 Å². The number of ether oxygens (including phenoxy) is 3. The SMILES string of the molecule is Cc1nc(Br)cc(OCc2ccc3c(c2)OCO3)n1. The largest absolute Gasteiger partial charge is 0.473 e. The highest BCUT2D eigenvalue weighted by Gasteiger charge is 2.13. The van der Waals surface area contributed by atoms with E-state index in [9.17, 15) is 0 Å². The Labute approximate surface area is 118 Å². The molecule has 0 saturated carbocycles. The quantitative estimate of drug-likeness (QED) is 0.813. The minimum absolute atomic E-state index is 0.275. The number of hydrogen-bond acceptors (Lipinski definition) is 5. The van der Waals surface area contributed by atoms with Gasteiger partial charge in [-0.3, -0.25) is 0 Å². The molecule has 6 heteroatoms. The molecule has 0 fully saturated rings. The minimum Gasteiger partial charge on any atom is -0.473 e. The summed E-state index contributed by atoms with van der Waals surface area (Å²) in [6.45, 7) is 2.51. The summed E-state index contributed by atoms with van der Waals surface area (Å²) in [5.41, 5.74) is 0.997. The number of fused-ring (bicyclic) bond motifs is 1. The Morgan fingerprint density at radius 1 is 1.21 bits per heavy atom. The number of aryl methyl sites for hydroxylation is 1. The van der Waals surface area contributed by atoms with Crippen molar-refractivity contribution in [3.63, 3.8) is 0 Å². The zero-order chi connectivity index (χ0) is 13.2. The third kappa shape index (κ3) is 2.78. The lowest BCUT2D eigenvalue weighted by Gasteiger charge is -2.07. The fourth-order valence-electron chi connectivity index (χ4n) is 1.77. The summed E-state index contributed by atoms with van der Waals surface area (Å²) < 4.78 is 16.9. The first-order chi connectivity index (χ1) is 9.20. The van der Waals surface area contributed by atoms with Crippen molar-refractivity contribution in [3.05, 3.63) is 40.3 Å². The van der Waals surface area contributed by atoms with Crippen molar-refractivity contribution in [2.75, 3.05) is 6.79 Å². The van der Waals surface area contributed by atoms with Gasteiger partial charge in [0, 0.05) is 6.07 Å². The van der Waals surface area contributed by atoms with Crippen LogP contribution in [0.25, 0.3) is 0 Å². The van der Waals surface area contributed by atoms with Crippen molar-refractivity contribution < 1.29 is 14.2 Å². The monoisotopic (exact) mass is 322 g/mol. The van der Waals surface area contributed by atoms with Gasteiger partial charge in [0.1, 0.15) is 17.0 Å². The first-order valence-corrected chi connectivity index (χ1v) is 6.52. The smallest absolute Gasteiger partial charge is 0.231 e. The molecule has 1 aliphatic heterocycles. The number of aromatic nitrogens is 2. The highest BCUT2D eigenvalue weighted by Crippen LogP contribution is 2.32. The maximum Gasteiger partial charge on any atom is 0.231 e. The molecular formula is C13H11BrN2O3. The molecule has 0 saturated heterocycles. The topological polar surface area (TPSA) is 53.5 Å². The molecule has 0 unspecified atom stereocenters. The van der Waals surface area contributed by atoms with Gasteiger partial charge in [0.15, 0.2) is 11.5 Å². The van der Waals surface area contributed by atoms with Crippen LogP contribution in [0.5, 0.6) is 17.4 Å². The van der Waals surface area contributed by atoms with Crippen molar-refractivity contribution >= 4 is 15.9 Å². The van der Waals surface area contributed by atoms with Crippen LogP contribution < -0.4 is 14.2 Å². The Morgan fingerprint density at radius 3 is 2.89 bits per heavy atom. The maximum atomic E-state index is 5.64. The number of benzene rings is 1. The van der Waals surface area contributed by atoms with Gasteiger partial charge in [0.25, 0.3) is 0 Å². The fraction of sp³-hybridized carbons (Fsp3) is 0.231. The molecule has 0 N–H and O–H groups in total. The van der Waals surface area contributed by atoms with Gasteiger partial charge in [-0.05, 0) is 40.5 Å². The van der Waals surface area contributed by atoms with Gasteiger partial charge in [-0.15, -0.1) is 0 Å². The van der Waals surface area contributed by atoms with E-state index >= 15 is 0 Å². The summed E-state index contributed by atoms with van der Waals surface area (Å²) in [6.07, 6.45) is 0. The summed E-state index contributed by atoms with van der Waals surface area (Å²) in [4.78, 5) is 8.33. The summed E-state index contributed by atoms with van der Waals surface area (Å²) >= 11 is 3.31. The second kappa shape index (κ2) is 5.05. The lowest BCUT2D eigenvalue weighted by atomic mass is 10.2. The van der Waals surface area contributed by atoms with Gasteiger partial charge in [-0.1, -0.05) is 6.07 Å². The molecule has 5 nitrogen and oxygen atoms in total. The van der Waals surface area contributed by atoms with Crippen molar-refractivity contribution in [2.24, 2.45) is 0 Å². The molecule has 98 valence electrons. The molecule has 0 bridgehead atoms. The average molecular weight is 323 g/mol. The normalized spacial score (nSPS) is 12.5. The van der Waals surface area contributed by atoms with E-state index in [1.54, 1.807) is 6.07 Å². The van der Waals surface area contributed by atoms with E-state index < -0.39 is 0 Å². The third-order valence-corrected chi connectivity index (χ3v) is 3.01. The molecule has 0 aliphatic carbocycles. The second-order valence-corrected chi connectivity index (χ2v) is 4.86. The number of nitrogens with zero attached hydrogens (tertiary/aromatic N) is 2. The molecule has 1 aromatic carbocycles.